The number of carboxylic acids is 1. The highest BCUT2D eigenvalue weighted by molar-refractivity contribution is 7.90. The number of nitrogens with one attached hydrogen (secondary N) is 6. The van der Waals surface area contributed by atoms with Crippen LogP contribution in [-0.4, -0.2) is 206 Å². The number of hydrogen-bond donors (Lipinski definition) is 8. The number of non-ortho nitro benzene ring substituents is 1. The summed E-state index contributed by atoms with van der Waals surface area (Å²) in [5, 5.41) is 35.0. The summed E-state index contributed by atoms with van der Waals surface area (Å²) in [5.74, 6) is 1.09. The van der Waals surface area contributed by atoms with Crippen LogP contribution in [0, 0.1) is 27.9 Å². The summed E-state index contributed by atoms with van der Waals surface area (Å²) < 4.78 is 71.5. The van der Waals surface area contributed by atoms with E-state index in [4.69, 9.17) is 53.5 Å². The minimum atomic E-state index is -3.60. The lowest BCUT2D eigenvalue weighted by Gasteiger charge is -2.26. The van der Waals surface area contributed by atoms with Gasteiger partial charge in [-0.15, -0.1) is 0 Å². The Labute approximate surface area is 526 Å². The molecule has 0 fully saturated rings. The largest absolute Gasteiger partial charge is 0.514 e. The van der Waals surface area contributed by atoms with E-state index in [1.54, 1.807) is 26.0 Å². The first-order valence-corrected chi connectivity index (χ1v) is 31.0. The summed E-state index contributed by atoms with van der Waals surface area (Å²) in [4.78, 5) is 120. The second kappa shape index (κ2) is 44.9. The zero-order valence-corrected chi connectivity index (χ0v) is 51.9. The Morgan fingerprint density at radius 2 is 1.18 bits per heavy atom. The number of carbonyl (C=O) groups is 8. The molecule has 0 aliphatic carbocycles. The van der Waals surface area contributed by atoms with Crippen LogP contribution in [0.5, 0.6) is 5.75 Å². The topological polar surface area (TPSA) is 441 Å². The minimum absolute atomic E-state index is 0.0168. The highest BCUT2D eigenvalue weighted by Gasteiger charge is 2.30. The summed E-state index contributed by atoms with van der Waals surface area (Å²) in [7, 11) is -3.60. The molecular formula is C58H82N10O22S. The molecular weight excluding hydrogens is 1220 g/mol. The number of rotatable bonds is 47. The van der Waals surface area contributed by atoms with Gasteiger partial charge in [0, 0.05) is 68.8 Å². The van der Waals surface area contributed by atoms with Gasteiger partial charge in [0.1, 0.15) is 30.5 Å². The summed E-state index contributed by atoms with van der Waals surface area (Å²) in [6.45, 7) is 7.27. The van der Waals surface area contributed by atoms with Crippen LogP contribution in [0.25, 0.3) is 0 Å². The fourth-order valence-corrected chi connectivity index (χ4v) is 7.97. The zero-order valence-electron chi connectivity index (χ0n) is 51.1. The fourth-order valence-electron chi connectivity index (χ4n) is 7.48. The van der Waals surface area contributed by atoms with Gasteiger partial charge in [-0.05, 0) is 61.4 Å². The number of anilines is 1. The lowest BCUT2D eigenvalue weighted by atomic mass is 10.0. The van der Waals surface area contributed by atoms with Gasteiger partial charge in [-0.3, -0.25) is 38.9 Å². The van der Waals surface area contributed by atoms with E-state index < -0.39 is 86.5 Å². The highest BCUT2D eigenvalue weighted by atomic mass is 32.2. The molecule has 0 bridgehead atoms. The molecule has 2 aromatic carbocycles. The molecule has 0 unspecified atom stereocenters. The number of benzene rings is 2. The number of unbranched alkanes of at least 4 members (excludes halogenated alkanes) is 1. The van der Waals surface area contributed by atoms with Gasteiger partial charge in [-0.25, -0.2) is 28.0 Å². The maximum Gasteiger partial charge on any atom is 0.514 e. The van der Waals surface area contributed by atoms with Crippen molar-refractivity contribution in [3.8, 4) is 17.6 Å². The number of sulfone groups is 1. The molecule has 7 amide bonds. The van der Waals surface area contributed by atoms with E-state index in [-0.39, 0.29) is 114 Å². The number of nitro benzene ring substituents is 1. The average Bonchev–Trinajstić information content (AvgIpc) is 2.10. The summed E-state index contributed by atoms with van der Waals surface area (Å²) in [6, 6.07) is 6.56. The van der Waals surface area contributed by atoms with Crippen LogP contribution in [0.15, 0.2) is 66.1 Å². The predicted octanol–water partition coefficient (Wildman–Crippen LogP) is 1.71. The van der Waals surface area contributed by atoms with Crippen molar-refractivity contribution >= 4 is 68.9 Å². The van der Waals surface area contributed by atoms with E-state index >= 15 is 0 Å². The number of aromatic nitrogens is 2. The molecule has 0 aliphatic heterocycles. The highest BCUT2D eigenvalue weighted by Crippen LogP contribution is 2.19. The van der Waals surface area contributed by atoms with E-state index in [0.717, 1.165) is 18.4 Å². The van der Waals surface area contributed by atoms with Crippen LogP contribution in [0.3, 0.4) is 0 Å². The molecule has 0 spiro atoms. The number of aliphatic carboxylic acids is 1. The standard InChI is InChI=1S/C58H82N10O22S/c1-41(2)52(55(75)66-47(9-7-22-61-56(59)76)54(74)64-44-13-11-42(12-14-44)40-89-58(77)90-46-17-15-45(16-18-46)68(78)79)67-50(70)20-19-48(65-49(69)10-6-4-5-8-43-38-62-57(63-39-43)91(3,80)81)53(73)60-23-25-83-27-29-85-31-33-87-35-37-88-36-34-86-32-30-84-28-26-82-24-21-51(71)72/h11-18,38-39,41,47-48,52H,4,6-7,9-10,19-37,40H2,1-3H3,(H,60,73)(H,64,74)(H,65,69)(H,66,75)(H,67,70)(H,71,72)(H3,59,61,76)/t47-,48-,52-/m0/s1. The first-order chi connectivity index (χ1) is 43.6. The predicted molar refractivity (Wildman–Crippen MR) is 323 cm³/mol. The fraction of sp³-hybridized carbons (Fsp3) is 0.552. The van der Waals surface area contributed by atoms with Crippen molar-refractivity contribution in [2.75, 3.05) is 117 Å². The van der Waals surface area contributed by atoms with Crippen LogP contribution in [0.4, 0.5) is 21.0 Å². The quantitative estimate of drug-likeness (QED) is 0.00759. The van der Waals surface area contributed by atoms with Crippen molar-refractivity contribution in [2.24, 2.45) is 11.7 Å². The SMILES string of the molecule is CC(C)[C@H](NC(=O)CC[C@H](NC(=O)CCCC#Cc1cnc(S(C)(=O)=O)nc1)C(=O)NCCOCCOCCOCCOCCOCCOCCOCCC(=O)O)C(=O)N[C@@H](CCCNC(N)=O)C(=O)Nc1ccc(COC(=O)Oc2ccc([N+](=O)[O-])cc2)cc1. The number of nitrogens with two attached hydrogens (primary N) is 1. The van der Waals surface area contributed by atoms with Gasteiger partial charge in [-0.2, -0.15) is 0 Å². The van der Waals surface area contributed by atoms with Crippen LogP contribution in [-0.2, 0) is 83.1 Å². The van der Waals surface area contributed by atoms with Gasteiger partial charge in [0.05, 0.1) is 109 Å². The number of hydrogen-bond acceptors (Lipinski definition) is 23. The Balaban J connectivity index is 1.50. The van der Waals surface area contributed by atoms with Gasteiger partial charge < -0.3 is 85.4 Å². The van der Waals surface area contributed by atoms with E-state index in [1.165, 1.54) is 36.7 Å². The van der Waals surface area contributed by atoms with Gasteiger partial charge in [0.15, 0.2) is 0 Å². The molecule has 0 radical (unpaired) electrons. The number of ether oxygens (including phenoxy) is 9. The van der Waals surface area contributed by atoms with Crippen molar-refractivity contribution in [1.82, 2.24) is 36.6 Å². The average molecular weight is 1300 g/mol. The maximum absolute atomic E-state index is 13.9. The van der Waals surface area contributed by atoms with Crippen LogP contribution < -0.4 is 42.4 Å². The molecule has 1 aromatic heterocycles. The maximum atomic E-state index is 13.9. The molecule has 3 atom stereocenters. The Bertz CT molecular complexity index is 2910. The minimum Gasteiger partial charge on any atom is -0.481 e. The van der Waals surface area contributed by atoms with Crippen molar-refractivity contribution in [1.29, 1.82) is 0 Å². The molecule has 3 aromatic rings. The van der Waals surface area contributed by atoms with E-state index in [2.05, 4.69) is 53.7 Å². The second-order valence-corrected chi connectivity index (χ2v) is 21.8. The summed E-state index contributed by atoms with van der Waals surface area (Å²) in [6.07, 6.45) is 2.52. The molecule has 3 rings (SSSR count). The third-order valence-electron chi connectivity index (χ3n) is 12.1. The first-order valence-electron chi connectivity index (χ1n) is 29.1. The zero-order chi connectivity index (χ0) is 66.7. The smallest absolute Gasteiger partial charge is 0.481 e. The van der Waals surface area contributed by atoms with Gasteiger partial charge >= 0.3 is 18.2 Å². The van der Waals surface area contributed by atoms with Crippen LogP contribution >= 0.6 is 0 Å². The van der Waals surface area contributed by atoms with E-state index in [9.17, 15) is 56.9 Å². The lowest BCUT2D eigenvalue weighted by molar-refractivity contribution is -0.384. The molecule has 502 valence electrons. The van der Waals surface area contributed by atoms with Crippen molar-refractivity contribution in [2.45, 2.75) is 95.1 Å². The molecule has 33 heteroatoms. The number of amides is 7. The van der Waals surface area contributed by atoms with Crippen molar-refractivity contribution in [3.63, 3.8) is 0 Å². The monoisotopic (exact) mass is 1300 g/mol. The molecule has 91 heavy (non-hydrogen) atoms. The number of nitro groups is 1. The third kappa shape index (κ3) is 36.1. The van der Waals surface area contributed by atoms with Gasteiger partial charge in [0.2, 0.25) is 44.5 Å². The number of nitrogens with zero attached hydrogens (tertiary/aromatic N) is 3. The Hall–Kier alpha value is -8.49. The third-order valence-corrected chi connectivity index (χ3v) is 13.0. The molecule has 0 aliphatic rings. The number of carboxylic acid groups (broad SMARTS) is 1. The van der Waals surface area contributed by atoms with Gasteiger partial charge in [0.25, 0.3) is 5.69 Å². The van der Waals surface area contributed by atoms with E-state index in [0.29, 0.717) is 82.9 Å². The number of primary amides is 1. The van der Waals surface area contributed by atoms with Crippen molar-refractivity contribution in [3.05, 3.63) is 82.2 Å². The van der Waals surface area contributed by atoms with Gasteiger partial charge in [-0.1, -0.05) is 37.8 Å². The van der Waals surface area contributed by atoms with Crippen LogP contribution in [0.1, 0.15) is 76.3 Å². The number of urea groups is 1. The number of carbonyl (C=O) groups excluding carboxylic acids is 7. The van der Waals surface area contributed by atoms with E-state index in [1.807, 2.05) is 0 Å². The summed E-state index contributed by atoms with van der Waals surface area (Å²) >= 11 is 0. The van der Waals surface area contributed by atoms with Crippen molar-refractivity contribution < 1.29 is 99.4 Å². The Morgan fingerprint density at radius 3 is 1.70 bits per heavy atom. The summed E-state index contributed by atoms with van der Waals surface area (Å²) in [5.41, 5.74) is 6.18. The Kier molecular flexibility index (Phi) is 37.8. The first kappa shape index (κ1) is 76.8. The normalized spacial score (nSPS) is 12.0. The Morgan fingerprint density at radius 1 is 0.637 bits per heavy atom. The molecule has 32 nitrogen and oxygen atoms in total. The molecule has 1 heterocycles. The second-order valence-electron chi connectivity index (χ2n) is 19.9. The molecule has 9 N–H and O–H groups in total. The lowest BCUT2D eigenvalue weighted by Crippen LogP contribution is -2.55. The molecule has 0 saturated heterocycles. The molecule has 0 saturated carbocycles. The van der Waals surface area contributed by atoms with Crippen LogP contribution in [0.2, 0.25) is 0 Å².